The average Bonchev–Trinajstić information content (AvgIpc) is 2.44. The maximum absolute atomic E-state index is 3.69. The number of hydrogen-bond acceptors (Lipinski definition) is 1. The largest absolute Gasteiger partial charge is 0.309 e. The van der Waals surface area contributed by atoms with Gasteiger partial charge in [0.15, 0.2) is 0 Å². The number of nitrogens with one attached hydrogen (secondary N) is 1. The summed E-state index contributed by atoms with van der Waals surface area (Å²) in [4.78, 5) is 0. The van der Waals surface area contributed by atoms with Crippen LogP contribution in [-0.2, 0) is 6.42 Å². The van der Waals surface area contributed by atoms with E-state index in [0.717, 1.165) is 10.9 Å². The molecule has 0 heterocycles. The Balaban J connectivity index is 2.31. The van der Waals surface area contributed by atoms with Crippen LogP contribution in [0, 0.1) is 6.92 Å². The highest BCUT2D eigenvalue weighted by molar-refractivity contribution is 9.10. The zero-order chi connectivity index (χ0) is 14.5. The van der Waals surface area contributed by atoms with Crippen LogP contribution in [0.15, 0.2) is 46.9 Å². The molecule has 20 heavy (non-hydrogen) atoms. The summed E-state index contributed by atoms with van der Waals surface area (Å²) in [5, 5.41) is 3.42. The van der Waals surface area contributed by atoms with E-state index in [9.17, 15) is 0 Å². The molecule has 106 valence electrons. The van der Waals surface area contributed by atoms with Crippen LogP contribution in [0.4, 0.5) is 0 Å². The maximum Gasteiger partial charge on any atom is 0.0585 e. The van der Waals surface area contributed by atoms with Gasteiger partial charge in [0.05, 0.1) is 6.04 Å². The maximum atomic E-state index is 3.69. The van der Waals surface area contributed by atoms with Crippen LogP contribution in [-0.4, -0.2) is 7.05 Å². The Hall–Kier alpha value is -1.12. The Kier molecular flexibility index (Phi) is 5.38. The zero-order valence-electron chi connectivity index (χ0n) is 12.4. The molecule has 0 fully saturated rings. The van der Waals surface area contributed by atoms with Gasteiger partial charge in [-0.2, -0.15) is 0 Å². The van der Waals surface area contributed by atoms with Crippen molar-refractivity contribution in [1.82, 2.24) is 5.32 Å². The van der Waals surface area contributed by atoms with Crippen molar-refractivity contribution in [3.8, 4) is 0 Å². The molecule has 0 aliphatic rings. The molecule has 2 aromatic rings. The molecule has 0 spiro atoms. The summed E-state index contributed by atoms with van der Waals surface area (Å²) in [7, 11) is 2.01. The molecule has 0 bridgehead atoms. The minimum atomic E-state index is 0.223. The first kappa shape index (κ1) is 15.3. The van der Waals surface area contributed by atoms with Gasteiger partial charge in [-0.1, -0.05) is 65.7 Å². The molecule has 0 aliphatic carbocycles. The second kappa shape index (κ2) is 7.05. The molecular weight excluding hydrogens is 310 g/mol. The number of halogens is 1. The first-order valence-corrected chi connectivity index (χ1v) is 7.97. The van der Waals surface area contributed by atoms with E-state index in [1.807, 2.05) is 7.05 Å². The molecular formula is C18H22BrN. The second-order valence-corrected chi connectivity index (χ2v) is 6.09. The predicted octanol–water partition coefficient (Wildman–Crippen LogP) is 5.02. The average molecular weight is 332 g/mol. The Bertz CT molecular complexity index is 560. The Morgan fingerprint density at radius 3 is 2.35 bits per heavy atom. The number of rotatable bonds is 5. The van der Waals surface area contributed by atoms with E-state index in [-0.39, 0.29) is 6.04 Å². The zero-order valence-corrected chi connectivity index (χ0v) is 14.0. The minimum absolute atomic E-state index is 0.223. The fourth-order valence-electron chi connectivity index (χ4n) is 2.53. The third-order valence-electron chi connectivity index (χ3n) is 3.61. The van der Waals surface area contributed by atoms with Crippen molar-refractivity contribution < 1.29 is 0 Å². The van der Waals surface area contributed by atoms with Crippen LogP contribution in [0.3, 0.4) is 0 Å². The molecule has 2 rings (SSSR count). The monoisotopic (exact) mass is 331 g/mol. The highest BCUT2D eigenvalue weighted by Gasteiger charge is 2.14. The fraction of sp³-hybridized carbons (Fsp3) is 0.333. The minimum Gasteiger partial charge on any atom is -0.309 e. The first-order chi connectivity index (χ1) is 9.65. The lowest BCUT2D eigenvalue weighted by molar-refractivity contribution is 0.688. The van der Waals surface area contributed by atoms with E-state index in [4.69, 9.17) is 0 Å². The molecule has 2 heteroatoms. The lowest BCUT2D eigenvalue weighted by atomic mass is 9.96. The molecule has 0 amide bonds. The van der Waals surface area contributed by atoms with Gasteiger partial charge in [0.25, 0.3) is 0 Å². The van der Waals surface area contributed by atoms with E-state index in [0.29, 0.717) is 0 Å². The Labute approximate surface area is 130 Å². The van der Waals surface area contributed by atoms with E-state index in [2.05, 4.69) is 77.6 Å². The summed E-state index contributed by atoms with van der Waals surface area (Å²) in [5.74, 6) is 0. The van der Waals surface area contributed by atoms with Crippen molar-refractivity contribution in [1.29, 1.82) is 0 Å². The van der Waals surface area contributed by atoms with Crippen molar-refractivity contribution >= 4 is 15.9 Å². The molecule has 0 aromatic heterocycles. The molecule has 1 atom stereocenters. The van der Waals surface area contributed by atoms with E-state index >= 15 is 0 Å². The standard InChI is InChI=1S/C18H22BrN/c1-4-5-14-7-9-15(10-8-14)18(20-3)16-11-6-13(2)12-17(16)19/h6-12,18,20H,4-5H2,1-3H3. The molecule has 0 aliphatic heterocycles. The van der Waals surface area contributed by atoms with Crippen molar-refractivity contribution in [3.05, 3.63) is 69.2 Å². The third-order valence-corrected chi connectivity index (χ3v) is 4.29. The van der Waals surface area contributed by atoms with Crippen LogP contribution in [0.1, 0.15) is 41.6 Å². The van der Waals surface area contributed by atoms with Gasteiger partial charge in [0.2, 0.25) is 0 Å². The topological polar surface area (TPSA) is 12.0 Å². The van der Waals surface area contributed by atoms with Gasteiger partial charge in [-0.25, -0.2) is 0 Å². The van der Waals surface area contributed by atoms with Gasteiger partial charge in [0.1, 0.15) is 0 Å². The molecule has 1 unspecified atom stereocenters. The lowest BCUT2D eigenvalue weighted by Gasteiger charge is -2.19. The van der Waals surface area contributed by atoms with Crippen LogP contribution in [0.5, 0.6) is 0 Å². The summed E-state index contributed by atoms with van der Waals surface area (Å²) < 4.78 is 1.16. The van der Waals surface area contributed by atoms with Crippen LogP contribution < -0.4 is 5.32 Å². The predicted molar refractivity (Wildman–Crippen MR) is 90.2 cm³/mol. The number of hydrogen-bond donors (Lipinski definition) is 1. The number of aryl methyl sites for hydroxylation is 2. The summed E-state index contributed by atoms with van der Waals surface area (Å²) in [6.07, 6.45) is 2.34. The van der Waals surface area contributed by atoms with Crippen molar-refractivity contribution in [2.45, 2.75) is 32.7 Å². The lowest BCUT2D eigenvalue weighted by Crippen LogP contribution is -2.18. The molecule has 1 nitrogen and oxygen atoms in total. The molecule has 0 saturated heterocycles. The second-order valence-electron chi connectivity index (χ2n) is 5.24. The molecule has 2 aromatic carbocycles. The van der Waals surface area contributed by atoms with Gasteiger partial charge >= 0.3 is 0 Å². The van der Waals surface area contributed by atoms with Crippen molar-refractivity contribution in [2.75, 3.05) is 7.05 Å². The highest BCUT2D eigenvalue weighted by atomic mass is 79.9. The van der Waals surface area contributed by atoms with Crippen molar-refractivity contribution in [3.63, 3.8) is 0 Å². The Morgan fingerprint density at radius 2 is 1.80 bits per heavy atom. The summed E-state index contributed by atoms with van der Waals surface area (Å²) in [6, 6.07) is 15.7. The molecule has 1 N–H and O–H groups in total. The van der Waals surface area contributed by atoms with E-state index in [1.165, 1.54) is 28.7 Å². The smallest absolute Gasteiger partial charge is 0.0585 e. The van der Waals surface area contributed by atoms with Gasteiger partial charge < -0.3 is 5.32 Å². The SMILES string of the molecule is CCCc1ccc(C(NC)c2ccc(C)cc2Br)cc1. The van der Waals surface area contributed by atoms with Crippen LogP contribution in [0.2, 0.25) is 0 Å². The fourth-order valence-corrected chi connectivity index (χ4v) is 3.26. The van der Waals surface area contributed by atoms with Gasteiger partial charge in [-0.05, 0) is 48.7 Å². The Morgan fingerprint density at radius 1 is 1.10 bits per heavy atom. The van der Waals surface area contributed by atoms with Gasteiger partial charge in [-0.3, -0.25) is 0 Å². The van der Waals surface area contributed by atoms with Crippen molar-refractivity contribution in [2.24, 2.45) is 0 Å². The van der Waals surface area contributed by atoms with Crippen LogP contribution in [0.25, 0.3) is 0 Å². The normalized spacial score (nSPS) is 12.4. The number of benzene rings is 2. The summed E-state index contributed by atoms with van der Waals surface area (Å²) in [5.41, 5.74) is 5.26. The third kappa shape index (κ3) is 3.50. The highest BCUT2D eigenvalue weighted by Crippen LogP contribution is 2.29. The van der Waals surface area contributed by atoms with Crippen LogP contribution >= 0.6 is 15.9 Å². The molecule has 0 radical (unpaired) electrons. The van der Waals surface area contributed by atoms with Gasteiger partial charge in [0, 0.05) is 4.47 Å². The van der Waals surface area contributed by atoms with E-state index < -0.39 is 0 Å². The van der Waals surface area contributed by atoms with E-state index in [1.54, 1.807) is 0 Å². The first-order valence-electron chi connectivity index (χ1n) is 7.18. The quantitative estimate of drug-likeness (QED) is 0.811. The summed E-state index contributed by atoms with van der Waals surface area (Å²) >= 11 is 3.69. The molecule has 0 saturated carbocycles. The summed E-state index contributed by atoms with van der Waals surface area (Å²) in [6.45, 7) is 4.33. The van der Waals surface area contributed by atoms with Gasteiger partial charge in [-0.15, -0.1) is 0 Å².